The Kier molecular flexibility index (Phi) is 3.94. The van der Waals surface area contributed by atoms with Gasteiger partial charge in [-0.2, -0.15) is 0 Å². The fraction of sp³-hybridized carbons (Fsp3) is 0.467. The average Bonchev–Trinajstić information content (AvgIpc) is 3.04. The highest BCUT2D eigenvalue weighted by atomic mass is 16.1. The number of carbonyl (C=O) groups excluding carboxylic acids is 1. The third-order valence-corrected chi connectivity index (χ3v) is 4.07. The summed E-state index contributed by atoms with van der Waals surface area (Å²) in [5, 5.41) is 14.2. The smallest absolute Gasteiger partial charge is 0.227 e. The number of hydrogen-bond acceptors (Lipinski definition) is 4. The third kappa shape index (κ3) is 3.09. The van der Waals surface area contributed by atoms with Crippen LogP contribution in [0, 0.1) is 12.8 Å². The van der Waals surface area contributed by atoms with E-state index in [1.54, 1.807) is 4.68 Å². The van der Waals surface area contributed by atoms with Crippen molar-refractivity contribution in [1.82, 2.24) is 20.2 Å². The average molecular weight is 285 g/mol. The molecule has 0 aliphatic heterocycles. The van der Waals surface area contributed by atoms with Crippen molar-refractivity contribution in [3.8, 4) is 5.69 Å². The molecule has 0 spiro atoms. The van der Waals surface area contributed by atoms with Crippen molar-refractivity contribution < 1.29 is 4.79 Å². The van der Waals surface area contributed by atoms with Gasteiger partial charge in [-0.3, -0.25) is 4.79 Å². The van der Waals surface area contributed by atoms with Crippen LogP contribution in [0.2, 0.25) is 0 Å². The molecule has 0 atom stereocenters. The van der Waals surface area contributed by atoms with Crippen molar-refractivity contribution >= 4 is 11.6 Å². The van der Waals surface area contributed by atoms with E-state index in [0.717, 1.165) is 42.6 Å². The largest absolute Gasteiger partial charge is 0.326 e. The SMILES string of the molecule is Cc1ccc(-n2cnnn2)cc1NC(=O)C1CCCCC1. The van der Waals surface area contributed by atoms with Crippen molar-refractivity contribution in [1.29, 1.82) is 0 Å². The normalized spacial score (nSPS) is 15.9. The van der Waals surface area contributed by atoms with Crippen LogP contribution in [-0.2, 0) is 4.79 Å². The summed E-state index contributed by atoms with van der Waals surface area (Å²) in [7, 11) is 0. The predicted octanol–water partition coefficient (Wildman–Crippen LogP) is 2.49. The minimum Gasteiger partial charge on any atom is -0.326 e. The second-order valence-corrected chi connectivity index (χ2v) is 5.58. The summed E-state index contributed by atoms with van der Waals surface area (Å²) in [6.45, 7) is 1.99. The molecule has 1 amide bonds. The number of aromatic nitrogens is 4. The van der Waals surface area contributed by atoms with Crippen molar-refractivity contribution in [3.05, 3.63) is 30.1 Å². The van der Waals surface area contributed by atoms with E-state index in [2.05, 4.69) is 20.8 Å². The predicted molar refractivity (Wildman–Crippen MR) is 79.1 cm³/mol. The molecular weight excluding hydrogens is 266 g/mol. The molecule has 1 aromatic heterocycles. The zero-order chi connectivity index (χ0) is 14.7. The van der Waals surface area contributed by atoms with Gasteiger partial charge in [0.15, 0.2) is 0 Å². The van der Waals surface area contributed by atoms with Gasteiger partial charge in [0, 0.05) is 11.6 Å². The van der Waals surface area contributed by atoms with Gasteiger partial charge in [0.05, 0.1) is 5.69 Å². The van der Waals surface area contributed by atoms with E-state index in [9.17, 15) is 4.79 Å². The molecule has 1 aromatic carbocycles. The molecule has 1 N–H and O–H groups in total. The Bertz CT molecular complexity index is 617. The standard InChI is InChI=1S/C15H19N5O/c1-11-7-8-13(20-10-16-18-19-20)9-14(11)17-15(21)12-5-3-2-4-6-12/h7-10,12H,2-6H2,1H3,(H,17,21). The van der Waals surface area contributed by atoms with Crippen LogP contribution in [0.25, 0.3) is 5.69 Å². The Balaban J connectivity index is 1.78. The Morgan fingerprint density at radius 2 is 2.10 bits per heavy atom. The molecule has 0 bridgehead atoms. The number of benzene rings is 1. The molecule has 0 saturated heterocycles. The van der Waals surface area contributed by atoms with Gasteiger partial charge in [0.25, 0.3) is 0 Å². The first kappa shape index (κ1) is 13.7. The van der Waals surface area contributed by atoms with Crippen LogP contribution in [0.5, 0.6) is 0 Å². The number of rotatable bonds is 3. The molecule has 3 rings (SSSR count). The number of tetrazole rings is 1. The molecule has 2 aromatic rings. The van der Waals surface area contributed by atoms with Gasteiger partial charge in [0.2, 0.25) is 5.91 Å². The second-order valence-electron chi connectivity index (χ2n) is 5.58. The third-order valence-electron chi connectivity index (χ3n) is 4.07. The van der Waals surface area contributed by atoms with Gasteiger partial charge in [-0.15, -0.1) is 5.10 Å². The molecule has 0 radical (unpaired) electrons. The first-order valence-corrected chi connectivity index (χ1v) is 7.39. The number of aryl methyl sites for hydroxylation is 1. The summed E-state index contributed by atoms with van der Waals surface area (Å²) in [4.78, 5) is 12.4. The molecule has 1 aliphatic rings. The summed E-state index contributed by atoms with van der Waals surface area (Å²) >= 11 is 0. The van der Waals surface area contributed by atoms with Crippen LogP contribution in [0.4, 0.5) is 5.69 Å². The van der Waals surface area contributed by atoms with E-state index in [1.807, 2.05) is 25.1 Å². The first-order valence-electron chi connectivity index (χ1n) is 7.39. The van der Waals surface area contributed by atoms with Crippen LogP contribution < -0.4 is 5.32 Å². The van der Waals surface area contributed by atoms with Crippen LogP contribution in [0.3, 0.4) is 0 Å². The summed E-state index contributed by atoms with van der Waals surface area (Å²) in [5.74, 6) is 0.279. The zero-order valence-corrected chi connectivity index (χ0v) is 12.1. The topological polar surface area (TPSA) is 72.7 Å². The van der Waals surface area contributed by atoms with Gasteiger partial charge < -0.3 is 5.32 Å². The summed E-state index contributed by atoms with van der Waals surface area (Å²) < 4.78 is 1.58. The summed E-state index contributed by atoms with van der Waals surface area (Å²) in [6, 6.07) is 5.81. The fourth-order valence-corrected chi connectivity index (χ4v) is 2.77. The van der Waals surface area contributed by atoms with Crippen LogP contribution >= 0.6 is 0 Å². The highest BCUT2D eigenvalue weighted by Gasteiger charge is 2.21. The summed E-state index contributed by atoms with van der Waals surface area (Å²) in [5.41, 5.74) is 2.71. The fourth-order valence-electron chi connectivity index (χ4n) is 2.77. The molecule has 1 fully saturated rings. The van der Waals surface area contributed by atoms with Gasteiger partial charge >= 0.3 is 0 Å². The number of nitrogens with zero attached hydrogens (tertiary/aromatic N) is 4. The van der Waals surface area contributed by atoms with E-state index >= 15 is 0 Å². The monoisotopic (exact) mass is 285 g/mol. The highest BCUT2D eigenvalue weighted by Crippen LogP contribution is 2.26. The van der Waals surface area contributed by atoms with Crippen molar-refractivity contribution in [2.75, 3.05) is 5.32 Å². The van der Waals surface area contributed by atoms with Crippen molar-refractivity contribution in [2.45, 2.75) is 39.0 Å². The molecule has 21 heavy (non-hydrogen) atoms. The Morgan fingerprint density at radius 3 is 2.81 bits per heavy atom. The number of hydrogen-bond donors (Lipinski definition) is 1. The number of amides is 1. The Morgan fingerprint density at radius 1 is 1.29 bits per heavy atom. The van der Waals surface area contributed by atoms with E-state index < -0.39 is 0 Å². The van der Waals surface area contributed by atoms with Gasteiger partial charge in [0.1, 0.15) is 6.33 Å². The molecule has 6 heteroatoms. The lowest BCUT2D eigenvalue weighted by Crippen LogP contribution is -2.25. The van der Waals surface area contributed by atoms with Gasteiger partial charge in [-0.25, -0.2) is 4.68 Å². The van der Waals surface area contributed by atoms with Gasteiger partial charge in [-0.05, 0) is 47.9 Å². The van der Waals surface area contributed by atoms with Crippen LogP contribution in [0.1, 0.15) is 37.7 Å². The maximum Gasteiger partial charge on any atom is 0.227 e. The van der Waals surface area contributed by atoms with E-state index in [1.165, 1.54) is 12.7 Å². The Labute approximate surface area is 123 Å². The number of nitrogens with one attached hydrogen (secondary N) is 1. The van der Waals surface area contributed by atoms with Crippen LogP contribution in [0.15, 0.2) is 24.5 Å². The second kappa shape index (κ2) is 6.03. The number of anilines is 1. The van der Waals surface area contributed by atoms with E-state index in [-0.39, 0.29) is 11.8 Å². The Hall–Kier alpha value is -2.24. The van der Waals surface area contributed by atoms with Crippen LogP contribution in [-0.4, -0.2) is 26.1 Å². The minimum absolute atomic E-state index is 0.131. The maximum absolute atomic E-state index is 12.4. The lowest BCUT2D eigenvalue weighted by Gasteiger charge is -2.21. The van der Waals surface area contributed by atoms with Crippen molar-refractivity contribution in [2.24, 2.45) is 5.92 Å². The summed E-state index contributed by atoms with van der Waals surface area (Å²) in [6.07, 6.45) is 7.09. The lowest BCUT2D eigenvalue weighted by atomic mass is 9.88. The quantitative estimate of drug-likeness (QED) is 0.940. The molecular formula is C15H19N5O. The van der Waals surface area contributed by atoms with Crippen molar-refractivity contribution in [3.63, 3.8) is 0 Å². The maximum atomic E-state index is 12.4. The molecule has 6 nitrogen and oxygen atoms in total. The zero-order valence-electron chi connectivity index (χ0n) is 12.1. The molecule has 1 saturated carbocycles. The van der Waals surface area contributed by atoms with E-state index in [0.29, 0.717) is 0 Å². The molecule has 1 heterocycles. The molecule has 110 valence electrons. The number of carbonyl (C=O) groups is 1. The highest BCUT2D eigenvalue weighted by molar-refractivity contribution is 5.93. The van der Waals surface area contributed by atoms with Gasteiger partial charge in [-0.1, -0.05) is 25.3 Å². The molecule has 0 unspecified atom stereocenters. The van der Waals surface area contributed by atoms with E-state index in [4.69, 9.17) is 0 Å². The lowest BCUT2D eigenvalue weighted by molar-refractivity contribution is -0.120. The molecule has 1 aliphatic carbocycles. The first-order chi connectivity index (χ1) is 10.2. The minimum atomic E-state index is 0.131.